The van der Waals surface area contributed by atoms with Crippen LogP contribution in [0.1, 0.15) is 26.5 Å². The Labute approximate surface area is 144 Å². The number of anilines is 2. The summed E-state index contributed by atoms with van der Waals surface area (Å²) in [5, 5.41) is 0. The second-order valence-electron chi connectivity index (χ2n) is 6.15. The van der Waals surface area contributed by atoms with Crippen LogP contribution < -0.4 is 9.80 Å². The molecule has 1 atom stereocenters. The molecule has 0 saturated heterocycles. The minimum atomic E-state index is -0.676. The highest BCUT2D eigenvalue weighted by atomic mass is 16.3. The lowest BCUT2D eigenvalue weighted by molar-refractivity contribution is 0.0871. The summed E-state index contributed by atoms with van der Waals surface area (Å²) in [5.74, 6) is 0.531. The average Bonchev–Trinajstić information content (AvgIpc) is 3.27. The standard InChI is InChI=1S/C20H14N2O3/c23-18-14-7-1-2-8-15(14)20(24)22-17-10-4-3-9-16(17)21(19(18)22)12-13-6-5-11-25-13/h1-11,19H,12H2. The van der Waals surface area contributed by atoms with Gasteiger partial charge in [-0.1, -0.05) is 30.3 Å². The van der Waals surface area contributed by atoms with E-state index in [0.29, 0.717) is 17.7 Å². The van der Waals surface area contributed by atoms with Gasteiger partial charge in [-0.2, -0.15) is 0 Å². The van der Waals surface area contributed by atoms with Crippen molar-refractivity contribution in [3.63, 3.8) is 0 Å². The number of carbonyl (C=O) groups is 2. The number of fused-ring (bicyclic) bond motifs is 4. The molecule has 0 radical (unpaired) electrons. The zero-order valence-electron chi connectivity index (χ0n) is 13.3. The van der Waals surface area contributed by atoms with Gasteiger partial charge in [-0.25, -0.2) is 0 Å². The van der Waals surface area contributed by atoms with Crippen molar-refractivity contribution in [3.8, 4) is 0 Å². The highest BCUT2D eigenvalue weighted by molar-refractivity contribution is 6.25. The molecule has 5 heteroatoms. The van der Waals surface area contributed by atoms with E-state index in [0.717, 1.165) is 17.1 Å². The van der Waals surface area contributed by atoms with Crippen LogP contribution in [0.2, 0.25) is 0 Å². The van der Waals surface area contributed by atoms with E-state index < -0.39 is 6.17 Å². The van der Waals surface area contributed by atoms with E-state index in [2.05, 4.69) is 0 Å². The maximum atomic E-state index is 13.2. The van der Waals surface area contributed by atoms with Crippen LogP contribution in [0.4, 0.5) is 11.4 Å². The first kappa shape index (κ1) is 14.0. The molecule has 0 spiro atoms. The highest BCUT2D eigenvalue weighted by Gasteiger charge is 2.48. The Bertz CT molecular complexity index is 994. The van der Waals surface area contributed by atoms with Crippen LogP contribution in [-0.4, -0.2) is 17.9 Å². The molecule has 2 aromatic carbocycles. The molecule has 122 valence electrons. The lowest BCUT2D eigenvalue weighted by atomic mass is 9.95. The Morgan fingerprint density at radius 2 is 1.56 bits per heavy atom. The topological polar surface area (TPSA) is 53.8 Å². The maximum absolute atomic E-state index is 13.2. The minimum absolute atomic E-state index is 0.0713. The first-order valence-electron chi connectivity index (χ1n) is 8.10. The van der Waals surface area contributed by atoms with Crippen molar-refractivity contribution in [1.82, 2.24) is 0 Å². The summed E-state index contributed by atoms with van der Waals surface area (Å²) in [6, 6.07) is 18.3. The zero-order chi connectivity index (χ0) is 17.0. The van der Waals surface area contributed by atoms with Gasteiger partial charge in [-0.3, -0.25) is 14.5 Å². The highest BCUT2D eigenvalue weighted by Crippen LogP contribution is 2.44. The van der Waals surface area contributed by atoms with Gasteiger partial charge in [0.2, 0.25) is 5.78 Å². The van der Waals surface area contributed by atoms with Crippen LogP contribution in [0.5, 0.6) is 0 Å². The van der Waals surface area contributed by atoms with Crippen molar-refractivity contribution in [1.29, 1.82) is 0 Å². The van der Waals surface area contributed by atoms with Gasteiger partial charge in [0.1, 0.15) is 5.76 Å². The van der Waals surface area contributed by atoms with E-state index in [1.165, 1.54) is 0 Å². The predicted molar refractivity (Wildman–Crippen MR) is 92.7 cm³/mol. The SMILES string of the molecule is O=C1c2ccccc2C(=O)N2c3ccccc3N(Cc3ccco3)C12. The smallest absolute Gasteiger partial charge is 0.261 e. The van der Waals surface area contributed by atoms with Crippen molar-refractivity contribution in [2.24, 2.45) is 0 Å². The van der Waals surface area contributed by atoms with Gasteiger partial charge in [0.15, 0.2) is 6.17 Å². The van der Waals surface area contributed by atoms with E-state index in [1.807, 2.05) is 41.3 Å². The Hall–Kier alpha value is -3.34. The fourth-order valence-electron chi connectivity index (χ4n) is 3.69. The van der Waals surface area contributed by atoms with Gasteiger partial charge in [-0.05, 0) is 30.3 Å². The van der Waals surface area contributed by atoms with Gasteiger partial charge in [0, 0.05) is 5.56 Å². The van der Waals surface area contributed by atoms with Crippen LogP contribution in [-0.2, 0) is 6.54 Å². The summed E-state index contributed by atoms with van der Waals surface area (Å²) in [7, 11) is 0. The monoisotopic (exact) mass is 330 g/mol. The van der Waals surface area contributed by atoms with Crippen molar-refractivity contribution < 1.29 is 14.0 Å². The van der Waals surface area contributed by atoms with Crippen molar-refractivity contribution in [2.45, 2.75) is 12.7 Å². The van der Waals surface area contributed by atoms with Crippen LogP contribution >= 0.6 is 0 Å². The third kappa shape index (κ3) is 1.89. The normalized spacial score (nSPS) is 18.2. The van der Waals surface area contributed by atoms with E-state index in [-0.39, 0.29) is 11.7 Å². The number of rotatable bonds is 2. The molecule has 2 aliphatic heterocycles. The summed E-state index contributed by atoms with van der Waals surface area (Å²) < 4.78 is 5.47. The van der Waals surface area contributed by atoms with E-state index >= 15 is 0 Å². The van der Waals surface area contributed by atoms with E-state index in [1.54, 1.807) is 35.4 Å². The van der Waals surface area contributed by atoms with E-state index in [9.17, 15) is 9.59 Å². The molecular weight excluding hydrogens is 316 g/mol. The van der Waals surface area contributed by atoms with Crippen LogP contribution in [0, 0.1) is 0 Å². The Balaban J connectivity index is 1.69. The molecule has 1 unspecified atom stereocenters. The molecule has 25 heavy (non-hydrogen) atoms. The fraction of sp³-hybridized carbons (Fsp3) is 0.100. The number of ketones is 1. The fourth-order valence-corrected chi connectivity index (χ4v) is 3.69. The number of amides is 1. The Kier molecular flexibility index (Phi) is 2.85. The van der Waals surface area contributed by atoms with Crippen LogP contribution in [0.15, 0.2) is 71.3 Å². The first-order valence-corrected chi connectivity index (χ1v) is 8.10. The van der Waals surface area contributed by atoms with Crippen molar-refractivity contribution >= 4 is 23.1 Å². The lowest BCUT2D eigenvalue weighted by Crippen LogP contribution is -2.54. The van der Waals surface area contributed by atoms with Gasteiger partial charge >= 0.3 is 0 Å². The summed E-state index contributed by atoms with van der Waals surface area (Å²) in [6.07, 6.45) is 0.933. The molecule has 2 aliphatic rings. The molecule has 3 heterocycles. The van der Waals surface area contributed by atoms with Gasteiger partial charge < -0.3 is 9.32 Å². The Morgan fingerprint density at radius 1 is 0.840 bits per heavy atom. The minimum Gasteiger partial charge on any atom is -0.467 e. The molecule has 0 saturated carbocycles. The number of carbonyl (C=O) groups excluding carboxylic acids is 2. The number of hydrogen-bond donors (Lipinski definition) is 0. The van der Waals surface area contributed by atoms with Crippen LogP contribution in [0.25, 0.3) is 0 Å². The molecule has 3 aromatic rings. The largest absolute Gasteiger partial charge is 0.467 e. The number of benzene rings is 2. The van der Waals surface area contributed by atoms with Crippen LogP contribution in [0.3, 0.4) is 0 Å². The number of para-hydroxylation sites is 2. The number of nitrogens with zero attached hydrogens (tertiary/aromatic N) is 2. The molecular formula is C20H14N2O3. The number of Topliss-reactive ketones (excluding diaryl/α,β-unsaturated/α-hetero) is 1. The summed E-state index contributed by atoms with van der Waals surface area (Å²) in [5.41, 5.74) is 2.55. The number of hydrogen-bond acceptors (Lipinski definition) is 4. The Morgan fingerprint density at radius 3 is 2.32 bits per heavy atom. The molecule has 5 rings (SSSR count). The second-order valence-corrected chi connectivity index (χ2v) is 6.15. The van der Waals surface area contributed by atoms with Gasteiger partial charge in [0.05, 0.1) is 29.7 Å². The average molecular weight is 330 g/mol. The molecule has 0 fully saturated rings. The lowest BCUT2D eigenvalue weighted by Gasteiger charge is -2.34. The number of furan rings is 1. The third-order valence-corrected chi connectivity index (χ3v) is 4.77. The van der Waals surface area contributed by atoms with Crippen molar-refractivity contribution in [2.75, 3.05) is 9.80 Å². The molecule has 0 N–H and O–H groups in total. The summed E-state index contributed by atoms with van der Waals surface area (Å²) >= 11 is 0. The van der Waals surface area contributed by atoms with Gasteiger partial charge in [-0.15, -0.1) is 0 Å². The quantitative estimate of drug-likeness (QED) is 0.722. The third-order valence-electron chi connectivity index (χ3n) is 4.77. The molecule has 5 nitrogen and oxygen atoms in total. The summed E-state index contributed by atoms with van der Waals surface area (Å²) in [6.45, 7) is 0.423. The summed E-state index contributed by atoms with van der Waals surface area (Å²) in [4.78, 5) is 29.8. The maximum Gasteiger partial charge on any atom is 0.261 e. The zero-order valence-corrected chi connectivity index (χ0v) is 13.3. The molecule has 1 aromatic heterocycles. The van der Waals surface area contributed by atoms with Crippen molar-refractivity contribution in [3.05, 3.63) is 83.8 Å². The molecule has 1 amide bonds. The second kappa shape index (κ2) is 5.08. The van der Waals surface area contributed by atoms with Gasteiger partial charge in [0.25, 0.3) is 5.91 Å². The molecule has 0 bridgehead atoms. The van der Waals surface area contributed by atoms with E-state index in [4.69, 9.17) is 4.42 Å². The molecule has 0 aliphatic carbocycles. The first-order chi connectivity index (χ1) is 12.3. The predicted octanol–water partition coefficient (Wildman–Crippen LogP) is 3.47.